The van der Waals surface area contributed by atoms with E-state index in [1.165, 1.54) is 39.8 Å². The molecule has 1 heterocycles. The molecule has 1 N–H and O–H groups in total. The average molecular weight is 484 g/mol. The number of aliphatic carboxylic acids is 1. The number of hydrogen-bond acceptors (Lipinski definition) is 8. The minimum Gasteiger partial charge on any atom is -0.498 e. The number of ether oxygens (including phenoxy) is 1. The lowest BCUT2D eigenvalue weighted by atomic mass is 9.89. The van der Waals surface area contributed by atoms with Gasteiger partial charge < -0.3 is 19.7 Å². The maximum Gasteiger partial charge on any atom is 0.366 e. The number of carbonyl (C=O) groups excluding carboxylic acids is 2. The molecule has 1 saturated carbocycles. The van der Waals surface area contributed by atoms with E-state index in [4.69, 9.17) is 8.92 Å². The summed E-state index contributed by atoms with van der Waals surface area (Å²) in [6.45, 7) is 7.44. The number of hydrogen-bond donors (Lipinski definition) is 1. The molecular weight excluding hydrogens is 454 g/mol. The second-order valence-electron chi connectivity index (χ2n) is 9.93. The number of likely N-dealkylation sites (tertiary alicyclic amines) is 1. The molecule has 2 fully saturated rings. The highest BCUT2D eigenvalue weighted by atomic mass is 32.2. The van der Waals surface area contributed by atoms with Crippen molar-refractivity contribution >= 4 is 28.1 Å². The number of benzene rings is 1. The standard InChI is InChI=1S/C22H29NO9S/c1-13-6-8-16(9-7-13)33(29,30)32-15-10-14(11-15)31-17-12-22(5,19(25)26)23(18(17)24,20(27)28)21(2,3)4/h6-9,14-15,17H,10-12H2,1-5H3,(H-,25,26,27,28)/t14?,15?,17?,22-,23?/m0/s1. The lowest BCUT2D eigenvalue weighted by Gasteiger charge is -2.49. The summed E-state index contributed by atoms with van der Waals surface area (Å²) < 4.78 is 34.5. The molecule has 2 unspecified atom stereocenters. The normalized spacial score (nSPS) is 32.4. The molecule has 1 aliphatic carbocycles. The molecule has 10 nitrogen and oxygen atoms in total. The maximum absolute atomic E-state index is 13.3. The third-order valence-corrected chi connectivity index (χ3v) is 8.03. The summed E-state index contributed by atoms with van der Waals surface area (Å²) in [6, 6.07) is 6.21. The van der Waals surface area contributed by atoms with Crippen LogP contribution < -0.4 is 5.11 Å². The van der Waals surface area contributed by atoms with Crippen LogP contribution in [0.2, 0.25) is 0 Å². The Labute approximate surface area is 192 Å². The predicted octanol–water partition coefficient (Wildman–Crippen LogP) is 1.35. The second-order valence-corrected chi connectivity index (χ2v) is 11.5. The number of carboxylic acids is 1. The van der Waals surface area contributed by atoms with Gasteiger partial charge in [-0.3, -0.25) is 4.18 Å². The van der Waals surface area contributed by atoms with Crippen LogP contribution in [0.3, 0.4) is 0 Å². The highest BCUT2D eigenvalue weighted by Gasteiger charge is 2.73. The van der Waals surface area contributed by atoms with Crippen LogP contribution in [-0.2, 0) is 28.6 Å². The van der Waals surface area contributed by atoms with Crippen molar-refractivity contribution in [2.75, 3.05) is 0 Å². The van der Waals surface area contributed by atoms with Gasteiger partial charge in [-0.15, -0.1) is 0 Å². The monoisotopic (exact) mass is 483 g/mol. The van der Waals surface area contributed by atoms with Crippen LogP contribution in [0.4, 0.5) is 4.79 Å². The van der Waals surface area contributed by atoms with E-state index in [0.717, 1.165) is 5.56 Å². The Morgan fingerprint density at radius 2 is 1.70 bits per heavy atom. The molecular formula is C22H29NO9S. The van der Waals surface area contributed by atoms with E-state index in [2.05, 4.69) is 0 Å². The first kappa shape index (κ1) is 25.3. The molecule has 1 aromatic carbocycles. The maximum atomic E-state index is 13.3. The first-order valence-electron chi connectivity index (χ1n) is 10.6. The van der Waals surface area contributed by atoms with Crippen LogP contribution in [0.1, 0.15) is 52.5 Å². The van der Waals surface area contributed by atoms with Crippen LogP contribution in [-0.4, -0.2) is 65.4 Å². The summed E-state index contributed by atoms with van der Waals surface area (Å²) in [4.78, 5) is 37.6. The summed E-state index contributed by atoms with van der Waals surface area (Å²) in [7, 11) is -3.97. The van der Waals surface area contributed by atoms with E-state index in [0.29, 0.717) is 0 Å². The quantitative estimate of drug-likeness (QED) is 0.468. The second kappa shape index (κ2) is 8.15. The Bertz CT molecular complexity index is 1070. The molecule has 0 spiro atoms. The molecule has 182 valence electrons. The molecule has 0 radical (unpaired) electrons. The Hall–Kier alpha value is -2.34. The number of carboxylic acid groups (broad SMARTS) is 2. The highest BCUT2D eigenvalue weighted by molar-refractivity contribution is 7.86. The molecule has 3 atom stereocenters. The fraction of sp³-hybridized carbons (Fsp3) is 0.591. The van der Waals surface area contributed by atoms with Gasteiger partial charge in [-0.25, -0.2) is 9.59 Å². The molecule has 1 saturated heterocycles. The van der Waals surface area contributed by atoms with E-state index in [-0.39, 0.29) is 24.2 Å². The van der Waals surface area contributed by atoms with Gasteiger partial charge in [-0.1, -0.05) is 17.7 Å². The third-order valence-electron chi connectivity index (χ3n) is 6.65. The molecule has 0 aromatic heterocycles. The Balaban J connectivity index is 1.72. The Morgan fingerprint density at radius 1 is 1.15 bits per heavy atom. The van der Waals surface area contributed by atoms with E-state index < -0.39 is 62.0 Å². The molecule has 2 aliphatic rings. The van der Waals surface area contributed by atoms with Gasteiger partial charge in [0.25, 0.3) is 16.2 Å². The molecule has 1 aromatic rings. The summed E-state index contributed by atoms with van der Waals surface area (Å²) >= 11 is 0. The van der Waals surface area contributed by atoms with Crippen molar-refractivity contribution in [3.05, 3.63) is 29.8 Å². The zero-order valence-corrected chi connectivity index (χ0v) is 20.0. The number of amides is 2. The van der Waals surface area contributed by atoms with E-state index >= 15 is 0 Å². The number of imide groups is 1. The van der Waals surface area contributed by atoms with Gasteiger partial charge >= 0.3 is 11.9 Å². The first-order chi connectivity index (χ1) is 15.1. The number of aryl methyl sites for hydroxylation is 1. The smallest absolute Gasteiger partial charge is 0.366 e. The van der Waals surface area contributed by atoms with Crippen molar-refractivity contribution in [1.29, 1.82) is 0 Å². The first-order valence-corrected chi connectivity index (χ1v) is 12.0. The molecule has 11 heteroatoms. The largest absolute Gasteiger partial charge is 0.498 e. The molecule has 33 heavy (non-hydrogen) atoms. The molecule has 3 rings (SSSR count). The van der Waals surface area contributed by atoms with Crippen molar-refractivity contribution in [3.63, 3.8) is 0 Å². The van der Waals surface area contributed by atoms with Crippen molar-refractivity contribution in [3.8, 4) is 0 Å². The van der Waals surface area contributed by atoms with Crippen LogP contribution in [0.25, 0.3) is 0 Å². The van der Waals surface area contributed by atoms with Gasteiger partial charge in [0, 0.05) is 19.8 Å². The van der Waals surface area contributed by atoms with Crippen LogP contribution in [0.15, 0.2) is 29.2 Å². The van der Waals surface area contributed by atoms with Gasteiger partial charge in [0.2, 0.25) is 5.54 Å². The molecule has 1 aliphatic heterocycles. The van der Waals surface area contributed by atoms with Gasteiger partial charge in [-0.05, 0) is 39.8 Å². The van der Waals surface area contributed by atoms with Gasteiger partial charge in [-0.2, -0.15) is 12.9 Å². The van der Waals surface area contributed by atoms with Gasteiger partial charge in [0.15, 0.2) is 6.10 Å². The van der Waals surface area contributed by atoms with Crippen molar-refractivity contribution in [2.24, 2.45) is 0 Å². The molecule has 0 bridgehead atoms. The number of quaternary nitrogens is 1. The van der Waals surface area contributed by atoms with Crippen LogP contribution in [0, 0.1) is 6.92 Å². The number of carbonyl (C=O) groups is 3. The third kappa shape index (κ3) is 3.96. The Kier molecular flexibility index (Phi) is 6.25. The van der Waals surface area contributed by atoms with Crippen LogP contribution in [0.5, 0.6) is 0 Å². The summed E-state index contributed by atoms with van der Waals surface area (Å²) in [5.74, 6) is -2.34. The minimum absolute atomic E-state index is 0.0295. The topological polar surface area (TPSA) is 147 Å². The fourth-order valence-electron chi connectivity index (χ4n) is 4.90. The number of rotatable bonds is 6. The fourth-order valence-corrected chi connectivity index (χ4v) is 5.99. The summed E-state index contributed by atoms with van der Waals surface area (Å²) in [5, 5.41) is 22.1. The lowest BCUT2D eigenvalue weighted by Crippen LogP contribution is -2.78. The van der Waals surface area contributed by atoms with E-state index in [1.54, 1.807) is 12.1 Å². The van der Waals surface area contributed by atoms with E-state index in [1.807, 2.05) is 6.92 Å². The lowest BCUT2D eigenvalue weighted by molar-refractivity contribution is -0.881. The summed E-state index contributed by atoms with van der Waals surface area (Å²) in [6.07, 6.45) is -4.34. The van der Waals surface area contributed by atoms with Crippen molar-refractivity contribution in [1.82, 2.24) is 0 Å². The van der Waals surface area contributed by atoms with Gasteiger partial charge in [0.1, 0.15) is 5.54 Å². The minimum atomic E-state index is -3.97. The zero-order valence-electron chi connectivity index (χ0n) is 19.2. The summed E-state index contributed by atoms with van der Waals surface area (Å²) in [5.41, 5.74) is -2.40. The van der Waals surface area contributed by atoms with Crippen molar-refractivity contribution < 1.29 is 46.4 Å². The highest BCUT2D eigenvalue weighted by Crippen LogP contribution is 2.47. The Morgan fingerprint density at radius 3 is 2.12 bits per heavy atom. The zero-order chi connectivity index (χ0) is 25.0. The number of nitrogens with zero attached hydrogens (tertiary/aromatic N) is 1. The van der Waals surface area contributed by atoms with Gasteiger partial charge in [0.05, 0.1) is 23.5 Å². The SMILES string of the molecule is Cc1ccc(S(=O)(=O)OC2CC(OC3C[C@@](C)(C(=O)O)[N+](C(=O)[O-])(C(C)(C)C)C3=O)C2)cc1. The van der Waals surface area contributed by atoms with E-state index in [9.17, 15) is 33.0 Å². The van der Waals surface area contributed by atoms with Crippen LogP contribution >= 0.6 is 0 Å². The van der Waals surface area contributed by atoms with Crippen molar-refractivity contribution in [2.45, 2.75) is 88.2 Å². The average Bonchev–Trinajstić information content (AvgIpc) is 2.88. The molecule has 2 amide bonds. The predicted molar refractivity (Wildman–Crippen MR) is 112 cm³/mol.